The molecule has 6 heterocycles. The Hall–Kier alpha value is -13.6. The van der Waals surface area contributed by atoms with Gasteiger partial charge in [0.05, 0.1) is 66.5 Å². The minimum absolute atomic E-state index is 0.00581. The second-order valence-electron chi connectivity index (χ2n) is 36.8. The van der Waals surface area contributed by atoms with Crippen molar-refractivity contribution in [3.63, 3.8) is 0 Å². The van der Waals surface area contributed by atoms with E-state index in [4.69, 9.17) is 0 Å². The number of benzene rings is 16. The van der Waals surface area contributed by atoms with E-state index in [1.54, 1.807) is 4.57 Å². The van der Waals surface area contributed by atoms with Gasteiger partial charge in [0.25, 0.3) is 6.71 Å². The SMILES string of the molecule is [2H]c1c([2H])c([2H])c2c(c1[2H])c1c([2H])c([2H])c([2H])c([2H])c1n2-c1ccc2c(c1)N(c1cc(-c3ccccc3)cc(-c3ccccc3)c1)c1cc(-c3cc(C(C)(C)C)cc(C(C)(C)C)c3)cc3c1B2c1ccc(-n2c4ccc(C(C)(C)C)cc4c4cc(C(C)(C)C)ccc42)cc1N3c1cccc2c3cccc(-n4c5ccccc5c5ccccc54)c3n(-c3ccccc3)c12. The summed E-state index contributed by atoms with van der Waals surface area (Å²) in [5.41, 5.74) is 28.1. The fourth-order valence-corrected chi connectivity index (χ4v) is 19.3. The molecule has 574 valence electrons. The Balaban J connectivity index is 0.934. The molecule has 0 amide bonds. The highest BCUT2D eigenvalue weighted by Crippen LogP contribution is 2.53. The van der Waals surface area contributed by atoms with Gasteiger partial charge in [-0.2, -0.15) is 0 Å². The molecule has 2 aliphatic heterocycles. The number of hydrogen-bond acceptors (Lipinski definition) is 2. The third-order valence-corrected chi connectivity index (χ3v) is 25.3. The lowest BCUT2D eigenvalue weighted by molar-refractivity contribution is 0.569. The number of fused-ring (bicyclic) bond motifs is 16. The van der Waals surface area contributed by atoms with E-state index >= 15 is 0 Å². The van der Waals surface area contributed by atoms with Crippen LogP contribution in [0.3, 0.4) is 0 Å². The van der Waals surface area contributed by atoms with Crippen molar-refractivity contribution >= 4 is 144 Å². The van der Waals surface area contributed by atoms with Gasteiger partial charge in [0.15, 0.2) is 0 Å². The Labute approximate surface area is 708 Å². The number of nitrogens with zero attached hydrogens (tertiary/aromatic N) is 6. The lowest BCUT2D eigenvalue weighted by atomic mass is 9.33. The summed E-state index contributed by atoms with van der Waals surface area (Å²) in [5, 5.41) is 6.84. The molecule has 4 aromatic heterocycles. The maximum atomic E-state index is 9.97. The first kappa shape index (κ1) is 63.6. The maximum absolute atomic E-state index is 9.97. The lowest BCUT2D eigenvalue weighted by Gasteiger charge is -2.45. The van der Waals surface area contributed by atoms with E-state index in [-0.39, 0.29) is 55.6 Å². The molecule has 0 atom stereocenters. The Morgan fingerprint density at radius 2 is 0.639 bits per heavy atom. The van der Waals surface area contributed by atoms with Gasteiger partial charge >= 0.3 is 0 Å². The molecule has 0 saturated heterocycles. The van der Waals surface area contributed by atoms with Crippen LogP contribution in [0.2, 0.25) is 0 Å². The van der Waals surface area contributed by atoms with Crippen LogP contribution in [0, 0.1) is 0 Å². The molecular formula is C112H93BN6. The highest BCUT2D eigenvalue weighted by molar-refractivity contribution is 7.00. The number of rotatable bonds is 9. The van der Waals surface area contributed by atoms with E-state index in [2.05, 4.69) is 386 Å². The van der Waals surface area contributed by atoms with Gasteiger partial charge in [-0.15, -0.1) is 0 Å². The molecule has 20 aromatic rings. The molecule has 0 fully saturated rings. The highest BCUT2D eigenvalue weighted by Gasteiger charge is 2.46. The molecule has 0 aliphatic carbocycles. The van der Waals surface area contributed by atoms with E-state index in [1.807, 2.05) is 18.2 Å². The summed E-state index contributed by atoms with van der Waals surface area (Å²) < 4.78 is 85.6. The fourth-order valence-electron chi connectivity index (χ4n) is 19.3. The van der Waals surface area contributed by atoms with Crippen molar-refractivity contribution in [2.24, 2.45) is 0 Å². The molecule has 0 radical (unpaired) electrons. The van der Waals surface area contributed by atoms with Gasteiger partial charge in [-0.3, -0.25) is 0 Å². The molecule has 0 unspecified atom stereocenters. The summed E-state index contributed by atoms with van der Waals surface area (Å²) >= 11 is 0. The maximum Gasteiger partial charge on any atom is 0.252 e. The molecule has 0 N–H and O–H groups in total. The van der Waals surface area contributed by atoms with Gasteiger partial charge in [0.1, 0.15) is 0 Å². The first-order chi connectivity index (χ1) is 60.9. The number of para-hydroxylation sites is 7. The van der Waals surface area contributed by atoms with Gasteiger partial charge in [0, 0.05) is 88.6 Å². The van der Waals surface area contributed by atoms with Crippen molar-refractivity contribution in [2.45, 2.75) is 105 Å². The predicted molar refractivity (Wildman–Crippen MR) is 509 cm³/mol. The van der Waals surface area contributed by atoms with Crippen molar-refractivity contribution in [1.29, 1.82) is 0 Å². The first-order valence-corrected chi connectivity index (χ1v) is 41.6. The van der Waals surface area contributed by atoms with Gasteiger partial charge < -0.3 is 28.1 Å². The monoisotopic (exact) mass is 1540 g/mol. The van der Waals surface area contributed by atoms with Crippen LogP contribution in [-0.4, -0.2) is 25.0 Å². The van der Waals surface area contributed by atoms with Crippen molar-refractivity contribution in [3.05, 3.63) is 368 Å². The molecule has 2 aliphatic rings. The van der Waals surface area contributed by atoms with Crippen molar-refractivity contribution < 1.29 is 11.0 Å². The summed E-state index contributed by atoms with van der Waals surface area (Å²) in [6.45, 7) is 27.0. The van der Waals surface area contributed by atoms with E-state index in [0.717, 1.165) is 145 Å². The quantitative estimate of drug-likeness (QED) is 0.135. The van der Waals surface area contributed by atoms with Crippen molar-refractivity contribution in [2.75, 3.05) is 9.80 Å². The Bertz CT molecular complexity index is 7820. The van der Waals surface area contributed by atoms with Gasteiger partial charge in [0.2, 0.25) is 0 Å². The van der Waals surface area contributed by atoms with Gasteiger partial charge in [-0.25, -0.2) is 0 Å². The van der Waals surface area contributed by atoms with Crippen LogP contribution in [0.5, 0.6) is 0 Å². The molecule has 22 rings (SSSR count). The fraction of sp³-hybridized carbons (Fsp3) is 0.143. The predicted octanol–water partition coefficient (Wildman–Crippen LogP) is 28.3. The number of hydrogen-bond donors (Lipinski definition) is 0. The summed E-state index contributed by atoms with van der Waals surface area (Å²) in [4.78, 5) is 5.02. The van der Waals surface area contributed by atoms with Crippen LogP contribution in [0.15, 0.2) is 346 Å². The zero-order valence-electron chi connectivity index (χ0n) is 77.1. The number of aromatic nitrogens is 4. The molecule has 119 heavy (non-hydrogen) atoms. The normalized spacial score (nSPS) is 14.1. The number of anilines is 6. The minimum atomic E-state index is -0.549. The van der Waals surface area contributed by atoms with Crippen LogP contribution in [0.1, 0.15) is 116 Å². The minimum Gasteiger partial charge on any atom is -0.311 e. The summed E-state index contributed by atoms with van der Waals surface area (Å²) in [6, 6.07) is 106. The van der Waals surface area contributed by atoms with E-state index in [0.29, 0.717) is 5.69 Å². The Morgan fingerprint density at radius 1 is 0.227 bits per heavy atom. The van der Waals surface area contributed by atoms with Crippen molar-refractivity contribution in [1.82, 2.24) is 18.3 Å². The Morgan fingerprint density at radius 3 is 1.15 bits per heavy atom. The average molecular weight is 1540 g/mol. The summed E-state index contributed by atoms with van der Waals surface area (Å²) in [7, 11) is 0. The van der Waals surface area contributed by atoms with Crippen LogP contribution < -0.4 is 26.2 Å². The van der Waals surface area contributed by atoms with Crippen LogP contribution in [0.4, 0.5) is 34.1 Å². The van der Waals surface area contributed by atoms with E-state index in [9.17, 15) is 11.0 Å². The molecule has 16 aromatic carbocycles. The lowest BCUT2D eigenvalue weighted by Crippen LogP contribution is -2.61. The second kappa shape index (κ2) is 26.4. The van der Waals surface area contributed by atoms with Crippen LogP contribution in [-0.2, 0) is 21.7 Å². The molecule has 0 saturated carbocycles. The molecule has 6 nitrogen and oxygen atoms in total. The smallest absolute Gasteiger partial charge is 0.252 e. The zero-order valence-corrected chi connectivity index (χ0v) is 69.1. The standard InChI is InChI=1S/C112H93BN6/c1-109(2,3)76-50-56-98-90(66-76)91-67-77(110(4,5)6)51-57-99(91)115(98)82-53-55-93-103(69-82)119(101-49-31-43-89-88-42-30-48-100(107(88)117(108(89)101)80-36-20-15-21-37-80)118-96-46-28-24-40-86(96)87-41-25-29-47-97(87)118)105-64-75(74-59-78(111(7,8)9)65-79(60-74)112(10,11)12)63-104-106(105)113(93)92-54-52-81(114-94-44-26-22-38-84(94)85-39-23-27-45-95(85)114)68-102(92)116(104)83-61-72(70-32-16-13-17-33-70)58-73(62-83)71-34-18-14-19-35-71/h13-69H,1-12H3/i22D,23D,26D,27D,38D,39D,44D,45D. The van der Waals surface area contributed by atoms with Gasteiger partial charge in [-0.1, -0.05) is 301 Å². The highest BCUT2D eigenvalue weighted by atomic mass is 15.2. The first-order valence-electron chi connectivity index (χ1n) is 45.6. The van der Waals surface area contributed by atoms with Gasteiger partial charge in [-0.05, 0) is 221 Å². The average Bonchev–Trinajstić information content (AvgIpc) is 1.65. The van der Waals surface area contributed by atoms with E-state index in [1.165, 1.54) is 43.8 Å². The Kier molecular flexibility index (Phi) is 14.1. The second-order valence-corrected chi connectivity index (χ2v) is 36.8. The molecule has 0 spiro atoms. The van der Waals surface area contributed by atoms with Crippen molar-refractivity contribution in [3.8, 4) is 56.1 Å². The topological polar surface area (TPSA) is 26.2 Å². The third kappa shape index (κ3) is 11.4. The summed E-state index contributed by atoms with van der Waals surface area (Å²) in [6.07, 6.45) is 0. The van der Waals surface area contributed by atoms with E-state index < -0.39 is 43.0 Å². The van der Waals surface area contributed by atoms with Crippen LogP contribution >= 0.6 is 0 Å². The zero-order chi connectivity index (χ0) is 87.8. The van der Waals surface area contributed by atoms with Crippen LogP contribution in [0.25, 0.3) is 143 Å². The summed E-state index contributed by atoms with van der Waals surface area (Å²) in [5.74, 6) is 0. The molecule has 0 bridgehead atoms. The largest absolute Gasteiger partial charge is 0.311 e. The third-order valence-electron chi connectivity index (χ3n) is 25.3. The molecule has 7 heteroatoms. The molecular weight excluding hydrogens is 1440 g/mol.